The molecule has 0 heterocycles. The van der Waals surface area contributed by atoms with Crippen LogP contribution in [0.1, 0.15) is 69.9 Å². The summed E-state index contributed by atoms with van der Waals surface area (Å²) in [7, 11) is 0. The lowest BCUT2D eigenvalue weighted by molar-refractivity contribution is -0.154. The molecule has 3 heteroatoms. The first-order chi connectivity index (χ1) is 15.4. The molecular formula is C29H30O3. The second kappa shape index (κ2) is 10.4. The van der Waals surface area contributed by atoms with Gasteiger partial charge in [0.15, 0.2) is 0 Å². The second-order valence-electron chi connectivity index (χ2n) is 9.04. The number of esters is 1. The standard InChI is InChI=1S/C20H26O3.C9H4/c1-12(21)23-19-8-7-18-17-5-3-13-11-14(22)4-6-15(13)16(17)9-10-20(18,19)2;1-3-5-7-9-8-6-4-2/h4,6,11,16-19,22H,3,5,7-10H2,1-2H3;1H,2H3/t16-,17-,18+,19+,20+;/m1./s1. The van der Waals surface area contributed by atoms with Gasteiger partial charge in [-0.05, 0) is 122 Å². The predicted octanol–water partition coefficient (Wildman–Crippen LogP) is 4.83. The quantitative estimate of drug-likeness (QED) is 0.517. The van der Waals surface area contributed by atoms with Crippen LogP contribution in [0.5, 0.6) is 5.75 Å². The molecule has 5 atom stereocenters. The molecule has 0 amide bonds. The van der Waals surface area contributed by atoms with E-state index in [1.807, 2.05) is 12.1 Å². The summed E-state index contributed by atoms with van der Waals surface area (Å²) in [4.78, 5) is 11.4. The van der Waals surface area contributed by atoms with Gasteiger partial charge in [-0.15, -0.1) is 6.42 Å². The third-order valence-corrected chi connectivity index (χ3v) is 7.38. The molecule has 1 aromatic carbocycles. The summed E-state index contributed by atoms with van der Waals surface area (Å²) in [5.74, 6) is 19.2. The number of carbonyl (C=O) groups is 1. The number of aryl methyl sites for hydroxylation is 1. The number of hydrogen-bond donors (Lipinski definition) is 1. The van der Waals surface area contributed by atoms with Crippen LogP contribution in [0.3, 0.4) is 0 Å². The molecule has 0 spiro atoms. The number of aromatic hydroxyl groups is 1. The fraction of sp³-hybridized carbons (Fsp3) is 0.483. The zero-order chi connectivity index (χ0) is 23.1. The average Bonchev–Trinajstić information content (AvgIpc) is 3.09. The lowest BCUT2D eigenvalue weighted by Crippen LogP contribution is -2.45. The SMILES string of the molecule is C#CC#CC#CC#CC.CC(=O)O[C@H]1CC[C@H]2[C@@H]3CCc4cc(O)ccc4[C@H]3CC[C@]12C. The Kier molecular flexibility index (Phi) is 7.57. The predicted molar refractivity (Wildman–Crippen MR) is 126 cm³/mol. The smallest absolute Gasteiger partial charge is 0.302 e. The first-order valence-electron chi connectivity index (χ1n) is 11.3. The number of benzene rings is 1. The maximum Gasteiger partial charge on any atom is 0.302 e. The third kappa shape index (κ3) is 4.96. The second-order valence-corrected chi connectivity index (χ2v) is 9.04. The van der Waals surface area contributed by atoms with Gasteiger partial charge in [0.1, 0.15) is 11.9 Å². The van der Waals surface area contributed by atoms with Gasteiger partial charge in [0.05, 0.1) is 0 Å². The van der Waals surface area contributed by atoms with Crippen LogP contribution in [-0.4, -0.2) is 17.2 Å². The Bertz CT molecular complexity index is 1090. The number of phenols is 1. The minimum Gasteiger partial charge on any atom is -0.508 e. The molecule has 0 aromatic heterocycles. The molecule has 1 aromatic rings. The highest BCUT2D eigenvalue weighted by Crippen LogP contribution is 2.61. The first kappa shape index (κ1) is 23.4. The molecule has 2 saturated carbocycles. The molecular weight excluding hydrogens is 396 g/mol. The molecule has 0 bridgehead atoms. The number of hydrogen-bond acceptors (Lipinski definition) is 3. The van der Waals surface area contributed by atoms with Crippen LogP contribution in [-0.2, 0) is 16.0 Å². The minimum absolute atomic E-state index is 0.104. The number of fused-ring (bicyclic) bond motifs is 5. The molecule has 3 aliphatic rings. The van der Waals surface area contributed by atoms with Crippen LogP contribution in [0.4, 0.5) is 0 Å². The number of rotatable bonds is 1. The van der Waals surface area contributed by atoms with Gasteiger partial charge in [-0.2, -0.15) is 0 Å². The molecule has 0 unspecified atom stereocenters. The molecule has 3 aliphatic carbocycles. The van der Waals surface area contributed by atoms with E-state index in [-0.39, 0.29) is 17.5 Å². The van der Waals surface area contributed by atoms with Crippen LogP contribution in [0.25, 0.3) is 0 Å². The number of terminal acetylenes is 1. The van der Waals surface area contributed by atoms with Crippen molar-refractivity contribution in [3.8, 4) is 53.6 Å². The van der Waals surface area contributed by atoms with E-state index >= 15 is 0 Å². The Morgan fingerprint density at radius 3 is 2.59 bits per heavy atom. The van der Waals surface area contributed by atoms with Gasteiger partial charge in [-0.25, -0.2) is 0 Å². The van der Waals surface area contributed by atoms with E-state index in [4.69, 9.17) is 11.2 Å². The Balaban J connectivity index is 0.000000275. The van der Waals surface area contributed by atoms with Crippen LogP contribution in [0.2, 0.25) is 0 Å². The van der Waals surface area contributed by atoms with E-state index in [0.717, 1.165) is 19.3 Å². The molecule has 4 rings (SSSR count). The maximum atomic E-state index is 11.4. The van der Waals surface area contributed by atoms with E-state index in [1.165, 1.54) is 37.3 Å². The van der Waals surface area contributed by atoms with Crippen molar-refractivity contribution in [2.24, 2.45) is 17.3 Å². The number of ether oxygens (including phenoxy) is 1. The summed E-state index contributed by atoms with van der Waals surface area (Å²) >= 11 is 0. The van der Waals surface area contributed by atoms with Crippen LogP contribution in [0.15, 0.2) is 18.2 Å². The van der Waals surface area contributed by atoms with E-state index < -0.39 is 0 Å². The van der Waals surface area contributed by atoms with Crippen molar-refractivity contribution >= 4 is 5.97 Å². The molecule has 0 aliphatic heterocycles. The average molecular weight is 427 g/mol. The normalized spacial score (nSPS) is 28.6. The van der Waals surface area contributed by atoms with Crippen LogP contribution >= 0.6 is 0 Å². The molecule has 2 fully saturated rings. The highest BCUT2D eigenvalue weighted by molar-refractivity contribution is 5.66. The summed E-state index contributed by atoms with van der Waals surface area (Å²) in [5.41, 5.74) is 2.95. The van der Waals surface area contributed by atoms with Gasteiger partial charge < -0.3 is 9.84 Å². The van der Waals surface area contributed by atoms with Crippen molar-refractivity contribution in [1.82, 2.24) is 0 Å². The minimum atomic E-state index is -0.136. The largest absolute Gasteiger partial charge is 0.508 e. The van der Waals surface area contributed by atoms with E-state index in [2.05, 4.69) is 54.4 Å². The van der Waals surface area contributed by atoms with Crippen molar-refractivity contribution in [3.05, 3.63) is 29.3 Å². The fourth-order valence-corrected chi connectivity index (χ4v) is 6.11. The van der Waals surface area contributed by atoms with E-state index in [1.54, 1.807) is 6.92 Å². The molecule has 1 N–H and O–H groups in total. The number of carbonyl (C=O) groups excluding carboxylic acids is 1. The first-order valence-corrected chi connectivity index (χ1v) is 11.3. The highest BCUT2D eigenvalue weighted by Gasteiger charge is 2.56. The van der Waals surface area contributed by atoms with Crippen LogP contribution < -0.4 is 0 Å². The van der Waals surface area contributed by atoms with Gasteiger partial charge in [0.25, 0.3) is 0 Å². The van der Waals surface area contributed by atoms with Crippen molar-refractivity contribution in [3.63, 3.8) is 0 Å². The van der Waals surface area contributed by atoms with Crippen LogP contribution in [0, 0.1) is 65.1 Å². The lowest BCUT2D eigenvalue weighted by Gasteiger charge is -2.50. The molecule has 0 radical (unpaired) electrons. The van der Waals surface area contributed by atoms with Crippen molar-refractivity contribution in [2.75, 3.05) is 0 Å². The molecule has 164 valence electrons. The number of phenolic OH excluding ortho intramolecular Hbond substituents is 1. The fourth-order valence-electron chi connectivity index (χ4n) is 6.11. The topological polar surface area (TPSA) is 46.5 Å². The third-order valence-electron chi connectivity index (χ3n) is 7.38. The van der Waals surface area contributed by atoms with Gasteiger partial charge in [0.2, 0.25) is 0 Å². The molecule has 32 heavy (non-hydrogen) atoms. The lowest BCUT2D eigenvalue weighted by atomic mass is 9.55. The van der Waals surface area contributed by atoms with Gasteiger partial charge >= 0.3 is 5.97 Å². The van der Waals surface area contributed by atoms with E-state index in [9.17, 15) is 9.90 Å². The Morgan fingerprint density at radius 2 is 1.88 bits per heavy atom. The Hall–Kier alpha value is -3.27. The van der Waals surface area contributed by atoms with Gasteiger partial charge in [-0.1, -0.05) is 18.9 Å². The van der Waals surface area contributed by atoms with E-state index in [0.29, 0.717) is 23.5 Å². The Morgan fingerprint density at radius 1 is 1.12 bits per heavy atom. The van der Waals surface area contributed by atoms with Crippen molar-refractivity contribution in [1.29, 1.82) is 0 Å². The summed E-state index contributed by atoms with van der Waals surface area (Å²) < 4.78 is 5.68. The Labute approximate surface area is 192 Å². The highest BCUT2D eigenvalue weighted by atomic mass is 16.5. The van der Waals surface area contributed by atoms with Gasteiger partial charge in [-0.3, -0.25) is 4.79 Å². The maximum absolute atomic E-state index is 11.4. The zero-order valence-electron chi connectivity index (χ0n) is 19.1. The molecule has 0 saturated heterocycles. The summed E-state index contributed by atoms with van der Waals surface area (Å²) in [6, 6.07) is 5.93. The van der Waals surface area contributed by atoms with Gasteiger partial charge in [0, 0.05) is 12.3 Å². The summed E-state index contributed by atoms with van der Waals surface area (Å²) in [6.45, 7) is 5.59. The summed E-state index contributed by atoms with van der Waals surface area (Å²) in [5, 5.41) is 9.75. The van der Waals surface area contributed by atoms with Crippen molar-refractivity contribution in [2.45, 2.75) is 71.3 Å². The zero-order valence-corrected chi connectivity index (χ0v) is 19.1. The molecule has 3 nitrogen and oxygen atoms in total. The summed E-state index contributed by atoms with van der Waals surface area (Å²) in [6.07, 6.45) is 11.7. The van der Waals surface area contributed by atoms with Crippen molar-refractivity contribution < 1.29 is 14.6 Å². The monoisotopic (exact) mass is 426 g/mol.